The van der Waals surface area contributed by atoms with Gasteiger partial charge in [-0.25, -0.2) is 15.0 Å². The molecule has 13 aromatic rings. The molecule has 0 radical (unpaired) electrons. The van der Waals surface area contributed by atoms with E-state index in [1.807, 2.05) is 24.3 Å². The lowest BCUT2D eigenvalue weighted by Crippen LogP contribution is -2.26. The summed E-state index contributed by atoms with van der Waals surface area (Å²) in [6.45, 7) is 0. The number of fused-ring (bicyclic) bond motifs is 20. The van der Waals surface area contributed by atoms with Crippen molar-refractivity contribution in [2.75, 3.05) is 0 Å². The summed E-state index contributed by atoms with van der Waals surface area (Å²) in [5, 5.41) is 6.84. The minimum absolute atomic E-state index is 0.590. The van der Waals surface area contributed by atoms with E-state index in [4.69, 9.17) is 23.8 Å². The molecule has 15 rings (SSSR count). The van der Waals surface area contributed by atoms with Crippen LogP contribution in [-0.2, 0) is 5.41 Å². The number of aromatic nitrogens is 3. The molecular formula is C58H31N3O2S. The van der Waals surface area contributed by atoms with E-state index >= 15 is 0 Å². The summed E-state index contributed by atoms with van der Waals surface area (Å²) in [5.41, 5.74) is 15.5. The Hall–Kier alpha value is -8.19. The van der Waals surface area contributed by atoms with Gasteiger partial charge < -0.3 is 8.83 Å². The van der Waals surface area contributed by atoms with Crippen LogP contribution in [0.2, 0.25) is 0 Å². The number of hydrogen-bond acceptors (Lipinski definition) is 6. The Morgan fingerprint density at radius 3 is 1.86 bits per heavy atom. The molecule has 2 aliphatic rings. The fraction of sp³-hybridized carbons (Fsp3) is 0.0172. The normalized spacial score (nSPS) is 13.4. The zero-order chi connectivity index (χ0) is 41.7. The van der Waals surface area contributed by atoms with Crippen LogP contribution in [0.4, 0.5) is 0 Å². The molecule has 0 atom stereocenters. The van der Waals surface area contributed by atoms with Crippen molar-refractivity contribution in [2.24, 2.45) is 0 Å². The van der Waals surface area contributed by atoms with Gasteiger partial charge in [0.2, 0.25) is 0 Å². The largest absolute Gasteiger partial charge is 0.456 e. The first-order valence-electron chi connectivity index (χ1n) is 21.6. The molecule has 0 saturated heterocycles. The summed E-state index contributed by atoms with van der Waals surface area (Å²) in [7, 11) is 0. The molecule has 4 aromatic heterocycles. The smallest absolute Gasteiger partial charge is 0.165 e. The van der Waals surface area contributed by atoms with Crippen LogP contribution in [0.15, 0.2) is 197 Å². The number of para-hydroxylation sites is 1. The second-order valence-corrected chi connectivity index (χ2v) is 18.0. The lowest BCUT2D eigenvalue weighted by Gasteiger charge is -2.31. The lowest BCUT2D eigenvalue weighted by atomic mass is 9.69. The molecule has 5 nitrogen and oxygen atoms in total. The zero-order valence-corrected chi connectivity index (χ0v) is 34.8. The first-order chi connectivity index (χ1) is 31.7. The summed E-state index contributed by atoms with van der Waals surface area (Å²) in [6, 6.07) is 66.9. The molecule has 0 N–H and O–H groups in total. The van der Waals surface area contributed by atoms with Gasteiger partial charge in [0.15, 0.2) is 17.5 Å². The molecule has 0 saturated carbocycles. The fourth-order valence-electron chi connectivity index (χ4n) is 11.1. The Bertz CT molecular complexity index is 4110. The van der Waals surface area contributed by atoms with E-state index in [-0.39, 0.29) is 0 Å². The van der Waals surface area contributed by atoms with Gasteiger partial charge in [0, 0.05) is 58.4 Å². The molecule has 0 unspecified atom stereocenters. The molecule has 6 heteroatoms. The molecule has 0 aliphatic heterocycles. The maximum absolute atomic E-state index is 6.97. The van der Waals surface area contributed by atoms with Crippen LogP contribution in [0.25, 0.3) is 120 Å². The monoisotopic (exact) mass is 833 g/mol. The summed E-state index contributed by atoms with van der Waals surface area (Å²) in [4.78, 5) is 15.5. The summed E-state index contributed by atoms with van der Waals surface area (Å²) < 4.78 is 16.0. The van der Waals surface area contributed by atoms with E-state index in [1.54, 1.807) is 11.3 Å². The summed E-state index contributed by atoms with van der Waals surface area (Å²) in [5.74, 6) is 1.85. The predicted octanol–water partition coefficient (Wildman–Crippen LogP) is 15.4. The second-order valence-electron chi connectivity index (χ2n) is 17.0. The van der Waals surface area contributed by atoms with Crippen molar-refractivity contribution in [1.82, 2.24) is 15.0 Å². The first kappa shape index (κ1) is 34.4. The van der Waals surface area contributed by atoms with Gasteiger partial charge >= 0.3 is 0 Å². The van der Waals surface area contributed by atoms with E-state index < -0.39 is 5.41 Å². The van der Waals surface area contributed by atoms with Gasteiger partial charge in [0.1, 0.15) is 22.3 Å². The van der Waals surface area contributed by atoms with Crippen molar-refractivity contribution in [3.63, 3.8) is 0 Å². The SMILES string of the molecule is c1ccc(-c2nc(-c3ccc4c(c3)oc3ccc5c(c34)C3(c4ccccc4-c4ccccc43)c3cc4oc6ccccc6c4cc3-5)nc(-c3cccc4c3sc3ccccc34)n2)cc1. The Balaban J connectivity index is 0.984. The van der Waals surface area contributed by atoms with Gasteiger partial charge in [-0.15, -0.1) is 11.3 Å². The van der Waals surface area contributed by atoms with E-state index in [0.717, 1.165) is 65.3 Å². The predicted molar refractivity (Wildman–Crippen MR) is 260 cm³/mol. The van der Waals surface area contributed by atoms with Gasteiger partial charge in [0.05, 0.1) is 5.41 Å². The molecule has 9 aromatic carbocycles. The van der Waals surface area contributed by atoms with Crippen LogP contribution in [0.3, 0.4) is 0 Å². The van der Waals surface area contributed by atoms with Crippen molar-refractivity contribution in [1.29, 1.82) is 0 Å². The summed E-state index contributed by atoms with van der Waals surface area (Å²) in [6.07, 6.45) is 0. The molecule has 4 heterocycles. The van der Waals surface area contributed by atoms with E-state index in [9.17, 15) is 0 Å². The zero-order valence-electron chi connectivity index (χ0n) is 34.0. The quantitative estimate of drug-likeness (QED) is 0.177. The van der Waals surface area contributed by atoms with Gasteiger partial charge in [-0.2, -0.15) is 0 Å². The van der Waals surface area contributed by atoms with Crippen molar-refractivity contribution < 1.29 is 8.83 Å². The molecule has 1 spiro atoms. The minimum Gasteiger partial charge on any atom is -0.456 e. The number of nitrogens with zero attached hydrogens (tertiary/aromatic N) is 3. The minimum atomic E-state index is -0.610. The van der Waals surface area contributed by atoms with Crippen LogP contribution >= 0.6 is 11.3 Å². The van der Waals surface area contributed by atoms with Gasteiger partial charge in [-0.3, -0.25) is 0 Å². The highest BCUT2D eigenvalue weighted by molar-refractivity contribution is 7.26. The van der Waals surface area contributed by atoms with Crippen LogP contribution in [0, 0.1) is 0 Å². The summed E-state index contributed by atoms with van der Waals surface area (Å²) >= 11 is 1.78. The Morgan fingerprint density at radius 2 is 1.02 bits per heavy atom. The number of thiophene rings is 1. The van der Waals surface area contributed by atoms with Gasteiger partial charge in [0.25, 0.3) is 0 Å². The topological polar surface area (TPSA) is 65.0 Å². The molecule has 0 amide bonds. The Kier molecular flexibility index (Phi) is 6.70. The van der Waals surface area contributed by atoms with E-state index in [1.165, 1.54) is 60.0 Å². The average molecular weight is 834 g/mol. The number of rotatable bonds is 3. The third-order valence-electron chi connectivity index (χ3n) is 13.7. The third-order valence-corrected chi connectivity index (χ3v) is 15.0. The van der Waals surface area contributed by atoms with Crippen LogP contribution in [-0.4, -0.2) is 15.0 Å². The molecule has 296 valence electrons. The lowest BCUT2D eigenvalue weighted by molar-refractivity contribution is 0.666. The third kappa shape index (κ3) is 4.44. The highest BCUT2D eigenvalue weighted by Crippen LogP contribution is 2.65. The molecule has 2 aliphatic carbocycles. The molecular weight excluding hydrogens is 803 g/mol. The van der Waals surface area contributed by atoms with Crippen molar-refractivity contribution >= 4 is 75.4 Å². The molecule has 64 heavy (non-hydrogen) atoms. The highest BCUT2D eigenvalue weighted by Gasteiger charge is 2.53. The maximum Gasteiger partial charge on any atom is 0.165 e. The first-order valence-corrected chi connectivity index (χ1v) is 22.4. The van der Waals surface area contributed by atoms with Crippen molar-refractivity contribution in [3.05, 3.63) is 210 Å². The Labute approximate surface area is 369 Å². The number of furan rings is 2. The van der Waals surface area contributed by atoms with Crippen LogP contribution < -0.4 is 0 Å². The number of hydrogen-bond donors (Lipinski definition) is 0. The molecule has 0 bridgehead atoms. The highest BCUT2D eigenvalue weighted by atomic mass is 32.1. The van der Waals surface area contributed by atoms with E-state index in [2.05, 4.69) is 164 Å². The standard InChI is InChI=1S/C58H31N3O2S/c1-2-13-32(14-3-1)55-59-56(61-57(60-55)41-20-12-19-39-37-18-7-11-24-51(37)64-54(39)41)33-25-26-40-49(29-33)63-48-28-27-38-42-30-43-36-17-6-10-23-47(36)62-50(43)31-46(42)58(53(38)52(40)48)44-21-8-4-15-34(44)35-16-5-9-22-45(35)58/h1-31H. The average Bonchev–Trinajstić information content (AvgIpc) is 4.15. The molecule has 0 fully saturated rings. The number of benzene rings is 9. The Morgan fingerprint density at radius 1 is 0.359 bits per heavy atom. The van der Waals surface area contributed by atoms with Gasteiger partial charge in [-0.05, 0) is 93.0 Å². The van der Waals surface area contributed by atoms with E-state index in [0.29, 0.717) is 17.5 Å². The fourth-order valence-corrected chi connectivity index (χ4v) is 12.3. The van der Waals surface area contributed by atoms with Crippen LogP contribution in [0.5, 0.6) is 0 Å². The van der Waals surface area contributed by atoms with Crippen LogP contribution in [0.1, 0.15) is 22.3 Å². The van der Waals surface area contributed by atoms with Gasteiger partial charge in [-0.1, -0.05) is 140 Å². The van der Waals surface area contributed by atoms with Crippen molar-refractivity contribution in [2.45, 2.75) is 5.41 Å². The van der Waals surface area contributed by atoms with Crippen molar-refractivity contribution in [3.8, 4) is 56.4 Å². The second kappa shape index (κ2) is 12.5. The maximum atomic E-state index is 6.97.